The summed E-state index contributed by atoms with van der Waals surface area (Å²) in [5.41, 5.74) is 21.6. The van der Waals surface area contributed by atoms with Gasteiger partial charge in [0, 0.05) is 28.1 Å². The van der Waals surface area contributed by atoms with Crippen LogP contribution in [0.4, 0.5) is 17.1 Å². The molecule has 0 bridgehead atoms. The Morgan fingerprint density at radius 1 is 0.284 bits per heavy atom. The first-order chi connectivity index (χ1) is 36.7. The van der Waals surface area contributed by atoms with Crippen LogP contribution in [-0.4, -0.2) is 0 Å². The van der Waals surface area contributed by atoms with E-state index in [-0.39, 0.29) is 0 Å². The molecule has 74 heavy (non-hydrogen) atoms. The highest BCUT2D eigenvalue weighted by molar-refractivity contribution is 6.05. The van der Waals surface area contributed by atoms with Gasteiger partial charge in [0.15, 0.2) is 0 Å². The van der Waals surface area contributed by atoms with Crippen molar-refractivity contribution in [1.82, 2.24) is 0 Å². The van der Waals surface area contributed by atoms with Crippen LogP contribution < -0.4 is 9.64 Å². The van der Waals surface area contributed by atoms with Crippen LogP contribution in [0.25, 0.3) is 55.3 Å². The van der Waals surface area contributed by atoms with E-state index in [0.29, 0.717) is 0 Å². The molecule has 3 aliphatic rings. The Labute approximate surface area is 431 Å². The second-order valence-corrected chi connectivity index (χ2v) is 19.8. The number of nitrogens with zero attached hydrogens (tertiary/aromatic N) is 1. The van der Waals surface area contributed by atoms with Gasteiger partial charge in [0.25, 0.3) is 0 Å². The van der Waals surface area contributed by atoms with E-state index >= 15 is 0 Å². The Morgan fingerprint density at radius 2 is 0.797 bits per heavy atom. The molecule has 2 nitrogen and oxygen atoms in total. The standard InChI is InChI=1S/C72H47NO/c1-4-22-50(23-5-1)69-55-28-11-10-21-48(55)41-45-56(69)49-39-42-53(43-40-49)73(54-44-46-58-57-29-12-14-31-60(57)71(65(58)47-54,51-24-6-2-7-25-51)52-26-8-3-9-27-52)66-36-20-35-64-70(66)59-30-13-15-32-61(59)72(64)62-33-16-18-37-67(62)74-68-38-19-17-34-63(68)72/h1-47H. The van der Waals surface area contributed by atoms with Gasteiger partial charge >= 0.3 is 0 Å². The normalized spacial score (nSPS) is 13.7. The Kier molecular flexibility index (Phi) is 9.43. The van der Waals surface area contributed by atoms with Crippen molar-refractivity contribution >= 4 is 27.8 Å². The van der Waals surface area contributed by atoms with E-state index in [1.165, 1.54) is 83.1 Å². The zero-order chi connectivity index (χ0) is 48.8. The summed E-state index contributed by atoms with van der Waals surface area (Å²) in [6, 6.07) is 105. The molecule has 0 fully saturated rings. The summed E-state index contributed by atoms with van der Waals surface area (Å²) in [6.07, 6.45) is 0. The zero-order valence-electron chi connectivity index (χ0n) is 40.5. The molecule has 1 spiro atoms. The molecule has 0 radical (unpaired) electrons. The molecule has 2 aliphatic carbocycles. The molecule has 0 amide bonds. The average Bonchev–Trinajstić information content (AvgIpc) is 3.94. The smallest absolute Gasteiger partial charge is 0.132 e. The molecular formula is C72H47NO. The first kappa shape index (κ1) is 42.2. The minimum absolute atomic E-state index is 0.575. The van der Waals surface area contributed by atoms with Crippen molar-refractivity contribution in [3.63, 3.8) is 0 Å². The largest absolute Gasteiger partial charge is 0.457 e. The van der Waals surface area contributed by atoms with Gasteiger partial charge in [-0.15, -0.1) is 0 Å². The highest BCUT2D eigenvalue weighted by Gasteiger charge is 2.52. The maximum Gasteiger partial charge on any atom is 0.132 e. The fourth-order valence-corrected chi connectivity index (χ4v) is 13.3. The van der Waals surface area contributed by atoms with E-state index in [1.54, 1.807) is 0 Å². The first-order valence-electron chi connectivity index (χ1n) is 25.7. The molecule has 0 unspecified atom stereocenters. The van der Waals surface area contributed by atoms with Crippen LogP contribution in [0.15, 0.2) is 285 Å². The van der Waals surface area contributed by atoms with Crippen molar-refractivity contribution in [2.45, 2.75) is 10.8 Å². The highest BCUT2D eigenvalue weighted by Crippen LogP contribution is 2.65. The number of hydrogen-bond donors (Lipinski definition) is 0. The lowest BCUT2D eigenvalue weighted by Crippen LogP contribution is -2.32. The van der Waals surface area contributed by atoms with Crippen molar-refractivity contribution in [2.75, 3.05) is 4.90 Å². The molecule has 0 atom stereocenters. The molecule has 1 aliphatic heterocycles. The van der Waals surface area contributed by atoms with E-state index in [0.717, 1.165) is 45.3 Å². The van der Waals surface area contributed by atoms with Gasteiger partial charge in [-0.3, -0.25) is 0 Å². The minimum Gasteiger partial charge on any atom is -0.457 e. The fraction of sp³-hybridized carbons (Fsp3) is 0.0278. The predicted molar refractivity (Wildman–Crippen MR) is 304 cm³/mol. The maximum absolute atomic E-state index is 6.77. The van der Waals surface area contributed by atoms with Crippen LogP contribution >= 0.6 is 0 Å². The van der Waals surface area contributed by atoms with Gasteiger partial charge in [0.05, 0.1) is 16.5 Å². The maximum atomic E-state index is 6.77. The van der Waals surface area contributed by atoms with Crippen LogP contribution in [0.2, 0.25) is 0 Å². The summed E-state index contributed by atoms with van der Waals surface area (Å²) in [5.74, 6) is 1.76. The van der Waals surface area contributed by atoms with Crippen LogP contribution in [0, 0.1) is 0 Å². The SMILES string of the molecule is c1ccc(-c2c(-c3ccc(N(c4ccc5c(c4)C(c4ccccc4)(c4ccccc4)c4ccccc4-5)c4cccc5c4-c4ccccc4C54c5ccccc5Oc5ccccc54)cc3)ccc3ccccc23)cc1. The van der Waals surface area contributed by atoms with E-state index < -0.39 is 10.8 Å². The third kappa shape index (κ3) is 5.94. The lowest BCUT2D eigenvalue weighted by molar-refractivity contribution is 0.436. The molecule has 12 aromatic carbocycles. The second kappa shape index (κ2) is 16.5. The number of hydrogen-bond acceptors (Lipinski definition) is 2. The van der Waals surface area contributed by atoms with Crippen LogP contribution in [0.3, 0.4) is 0 Å². The minimum atomic E-state index is -0.623. The van der Waals surface area contributed by atoms with Crippen molar-refractivity contribution in [3.8, 4) is 56.0 Å². The Hall–Kier alpha value is -9.50. The summed E-state index contributed by atoms with van der Waals surface area (Å²) < 4.78 is 6.77. The molecule has 0 saturated heterocycles. The summed E-state index contributed by atoms with van der Waals surface area (Å²) in [7, 11) is 0. The van der Waals surface area contributed by atoms with Crippen molar-refractivity contribution < 1.29 is 4.74 Å². The van der Waals surface area contributed by atoms with Crippen molar-refractivity contribution in [2.24, 2.45) is 0 Å². The van der Waals surface area contributed by atoms with E-state index in [9.17, 15) is 0 Å². The monoisotopic (exact) mass is 941 g/mol. The summed E-state index contributed by atoms with van der Waals surface area (Å²) in [5, 5.41) is 2.47. The summed E-state index contributed by atoms with van der Waals surface area (Å²) in [6.45, 7) is 0. The first-order valence-corrected chi connectivity index (χ1v) is 25.7. The third-order valence-corrected chi connectivity index (χ3v) is 16.2. The quantitative estimate of drug-likeness (QED) is 0.158. The van der Waals surface area contributed by atoms with Gasteiger partial charge in [-0.1, -0.05) is 243 Å². The Morgan fingerprint density at radius 3 is 1.49 bits per heavy atom. The third-order valence-electron chi connectivity index (χ3n) is 16.2. The van der Waals surface area contributed by atoms with Crippen molar-refractivity contribution in [3.05, 3.63) is 330 Å². The zero-order valence-corrected chi connectivity index (χ0v) is 40.5. The van der Waals surface area contributed by atoms with Gasteiger partial charge in [-0.25, -0.2) is 0 Å². The van der Waals surface area contributed by atoms with E-state index in [4.69, 9.17) is 4.74 Å². The number of fused-ring (bicyclic) bond motifs is 13. The fourth-order valence-electron chi connectivity index (χ4n) is 13.3. The molecule has 1 heterocycles. The molecule has 15 rings (SSSR count). The number of rotatable bonds is 7. The second-order valence-electron chi connectivity index (χ2n) is 19.8. The van der Waals surface area contributed by atoms with Crippen molar-refractivity contribution in [1.29, 1.82) is 0 Å². The van der Waals surface area contributed by atoms with Gasteiger partial charge in [-0.2, -0.15) is 0 Å². The van der Waals surface area contributed by atoms with Gasteiger partial charge in [-0.05, 0) is 126 Å². The lowest BCUT2D eigenvalue weighted by atomic mass is 9.66. The number of benzene rings is 12. The highest BCUT2D eigenvalue weighted by atomic mass is 16.5. The molecule has 0 saturated carbocycles. The number of anilines is 3. The summed E-state index contributed by atoms with van der Waals surface area (Å²) >= 11 is 0. The van der Waals surface area contributed by atoms with Gasteiger partial charge < -0.3 is 9.64 Å². The van der Waals surface area contributed by atoms with Gasteiger partial charge in [0.1, 0.15) is 11.5 Å². The Bertz CT molecular complexity index is 4070. The summed E-state index contributed by atoms with van der Waals surface area (Å²) in [4.78, 5) is 2.53. The molecule has 12 aromatic rings. The topological polar surface area (TPSA) is 12.5 Å². The molecule has 0 N–H and O–H groups in total. The number of para-hydroxylation sites is 2. The number of ether oxygens (including phenoxy) is 1. The van der Waals surface area contributed by atoms with Crippen LogP contribution in [0.5, 0.6) is 11.5 Å². The predicted octanol–water partition coefficient (Wildman–Crippen LogP) is 18.5. The van der Waals surface area contributed by atoms with E-state index in [2.05, 4.69) is 290 Å². The molecule has 346 valence electrons. The average molecular weight is 942 g/mol. The van der Waals surface area contributed by atoms with Gasteiger partial charge in [0.2, 0.25) is 0 Å². The van der Waals surface area contributed by atoms with Crippen LogP contribution in [-0.2, 0) is 10.8 Å². The molecule has 2 heteroatoms. The molecule has 0 aromatic heterocycles. The molecular weight excluding hydrogens is 895 g/mol. The van der Waals surface area contributed by atoms with E-state index in [1.807, 2.05) is 0 Å². The lowest BCUT2D eigenvalue weighted by Gasteiger charge is -2.39. The van der Waals surface area contributed by atoms with Crippen LogP contribution in [0.1, 0.15) is 44.5 Å². The Balaban J connectivity index is 1.01.